The highest BCUT2D eigenvalue weighted by atomic mass is 19.4. The number of hydrogen-bond donors (Lipinski definition) is 1. The fourth-order valence-corrected chi connectivity index (χ4v) is 5.36. The molecular weight excluding hydrogens is 398 g/mol. The minimum absolute atomic E-state index is 0.0948. The number of aromatic nitrogens is 3. The first-order valence-electron chi connectivity index (χ1n) is 10.4. The summed E-state index contributed by atoms with van der Waals surface area (Å²) in [4.78, 5) is 5.98. The van der Waals surface area contributed by atoms with Crippen LogP contribution in [0.15, 0.2) is 18.3 Å². The first-order chi connectivity index (χ1) is 14.1. The maximum absolute atomic E-state index is 13.2. The molecule has 1 saturated heterocycles. The first-order valence-corrected chi connectivity index (χ1v) is 10.4. The molecule has 30 heavy (non-hydrogen) atoms. The highest BCUT2D eigenvalue weighted by molar-refractivity contribution is 5.63. The van der Waals surface area contributed by atoms with E-state index in [4.69, 9.17) is 5.73 Å². The van der Waals surface area contributed by atoms with Gasteiger partial charge in [-0.15, -0.1) is 0 Å². The lowest BCUT2D eigenvalue weighted by Gasteiger charge is -2.40. The average molecular weight is 423 g/mol. The summed E-state index contributed by atoms with van der Waals surface area (Å²) in [7, 11) is 0. The number of halogens is 4. The Bertz CT molecular complexity index is 951. The Labute approximate surface area is 172 Å². The Kier molecular flexibility index (Phi) is 4.40. The first kappa shape index (κ1) is 19.8. The summed E-state index contributed by atoms with van der Waals surface area (Å²) in [6.45, 7) is 5.14. The molecule has 5 nitrogen and oxygen atoms in total. The molecule has 0 aromatic carbocycles. The van der Waals surface area contributed by atoms with Gasteiger partial charge in [0.25, 0.3) is 0 Å². The van der Waals surface area contributed by atoms with Crippen molar-refractivity contribution >= 4 is 5.82 Å². The van der Waals surface area contributed by atoms with Crippen molar-refractivity contribution in [2.75, 3.05) is 18.8 Å². The number of nitrogens with two attached hydrogens (primary N) is 1. The van der Waals surface area contributed by atoms with Gasteiger partial charge in [0, 0.05) is 48.5 Å². The van der Waals surface area contributed by atoms with Crippen molar-refractivity contribution in [2.45, 2.75) is 57.0 Å². The van der Waals surface area contributed by atoms with Gasteiger partial charge in [-0.05, 0) is 50.7 Å². The van der Waals surface area contributed by atoms with E-state index in [-0.39, 0.29) is 6.04 Å². The van der Waals surface area contributed by atoms with E-state index in [0.717, 1.165) is 24.6 Å². The maximum atomic E-state index is 13.2. The highest BCUT2D eigenvalue weighted by Gasteiger charge is 2.59. The second-order valence-electron chi connectivity index (χ2n) is 9.18. The van der Waals surface area contributed by atoms with Crippen LogP contribution in [0.5, 0.6) is 0 Å². The molecule has 5 rings (SSSR count). The monoisotopic (exact) mass is 423 g/mol. The highest BCUT2D eigenvalue weighted by Crippen LogP contribution is 2.64. The lowest BCUT2D eigenvalue weighted by molar-refractivity contribution is -0.137. The van der Waals surface area contributed by atoms with Crippen LogP contribution in [0.25, 0.3) is 11.3 Å². The molecule has 0 bridgehead atoms. The number of pyridine rings is 1. The number of hydrogen-bond acceptors (Lipinski definition) is 4. The normalized spacial score (nSPS) is 29.3. The summed E-state index contributed by atoms with van der Waals surface area (Å²) in [5, 5.41) is 4.62. The molecule has 9 heteroatoms. The molecule has 162 valence electrons. The van der Waals surface area contributed by atoms with Gasteiger partial charge in [0.1, 0.15) is 12.0 Å². The smallest absolute Gasteiger partial charge is 0.383 e. The van der Waals surface area contributed by atoms with Crippen LogP contribution in [0.3, 0.4) is 0 Å². The third-order valence-electron chi connectivity index (χ3n) is 6.92. The molecule has 0 spiro atoms. The summed E-state index contributed by atoms with van der Waals surface area (Å²) in [6.07, 6.45) is -1.78. The zero-order valence-corrected chi connectivity index (χ0v) is 16.9. The molecule has 3 aliphatic rings. The molecule has 2 N–H and O–H groups in total. The number of fused-ring (bicyclic) bond motifs is 1. The van der Waals surface area contributed by atoms with Gasteiger partial charge >= 0.3 is 6.18 Å². The summed E-state index contributed by atoms with van der Waals surface area (Å²) in [5.74, 6) is 0.937. The third kappa shape index (κ3) is 3.18. The maximum Gasteiger partial charge on any atom is 0.419 e. The standard InChI is InChI=1S/C21H25F4N5/c1-10(2)30-18(19-14-4-13(5-15(14)19)29-8-12(22)9-29)6-17(28-30)11-3-16(21(23,24)25)20(26)27-7-11/h3,6-7,10,12-15,19H,4-5,8-9H2,1-2H3,(H2,26,27)/t13?,14-,15+,19?. The number of nitrogen functional groups attached to an aromatic ring is 1. The van der Waals surface area contributed by atoms with Gasteiger partial charge in [-0.3, -0.25) is 9.58 Å². The number of alkyl halides is 4. The molecule has 0 amide bonds. The van der Waals surface area contributed by atoms with Gasteiger partial charge in [0.05, 0.1) is 11.3 Å². The van der Waals surface area contributed by atoms with Gasteiger partial charge in [-0.2, -0.15) is 18.3 Å². The van der Waals surface area contributed by atoms with Crippen LogP contribution < -0.4 is 5.73 Å². The predicted molar refractivity (Wildman–Crippen MR) is 104 cm³/mol. The zero-order chi connectivity index (χ0) is 21.4. The summed E-state index contributed by atoms with van der Waals surface area (Å²) < 4.78 is 54.8. The van der Waals surface area contributed by atoms with Crippen LogP contribution in [0.1, 0.15) is 49.9 Å². The lowest BCUT2D eigenvalue weighted by Crippen LogP contribution is -2.53. The van der Waals surface area contributed by atoms with E-state index in [2.05, 4.69) is 15.0 Å². The zero-order valence-electron chi connectivity index (χ0n) is 16.9. The number of nitrogens with zero attached hydrogens (tertiary/aromatic N) is 4. The molecule has 3 fully saturated rings. The second kappa shape index (κ2) is 6.67. The minimum Gasteiger partial charge on any atom is -0.383 e. The molecule has 2 unspecified atom stereocenters. The second-order valence-corrected chi connectivity index (χ2v) is 9.18. The quantitative estimate of drug-likeness (QED) is 0.746. The van der Waals surface area contributed by atoms with Crippen LogP contribution in [0, 0.1) is 11.8 Å². The Morgan fingerprint density at radius 3 is 2.37 bits per heavy atom. The molecule has 3 heterocycles. The minimum atomic E-state index is -4.56. The number of anilines is 1. The summed E-state index contributed by atoms with van der Waals surface area (Å²) in [5.41, 5.74) is 6.38. The molecule has 0 radical (unpaired) electrons. The van der Waals surface area contributed by atoms with E-state index in [1.54, 1.807) is 0 Å². The van der Waals surface area contributed by atoms with Crippen molar-refractivity contribution in [1.29, 1.82) is 0 Å². The largest absolute Gasteiger partial charge is 0.419 e. The van der Waals surface area contributed by atoms with Crippen molar-refractivity contribution in [3.05, 3.63) is 29.6 Å². The molecule has 2 saturated carbocycles. The fraction of sp³-hybridized carbons (Fsp3) is 0.619. The van der Waals surface area contributed by atoms with Crippen LogP contribution >= 0.6 is 0 Å². The van der Waals surface area contributed by atoms with Crippen molar-refractivity contribution < 1.29 is 17.6 Å². The van der Waals surface area contributed by atoms with Gasteiger partial charge in [-0.25, -0.2) is 9.37 Å². The third-order valence-corrected chi connectivity index (χ3v) is 6.92. The molecule has 4 atom stereocenters. The van der Waals surface area contributed by atoms with Gasteiger partial charge in [0.15, 0.2) is 0 Å². The number of rotatable bonds is 4. The van der Waals surface area contributed by atoms with E-state index in [0.29, 0.717) is 48.1 Å². The Morgan fingerprint density at radius 1 is 1.13 bits per heavy atom. The van der Waals surface area contributed by atoms with E-state index >= 15 is 0 Å². The van der Waals surface area contributed by atoms with Gasteiger partial charge in [0.2, 0.25) is 0 Å². The summed E-state index contributed by atoms with van der Waals surface area (Å²) >= 11 is 0. The fourth-order valence-electron chi connectivity index (χ4n) is 5.36. The van der Waals surface area contributed by atoms with Crippen LogP contribution in [0.4, 0.5) is 23.4 Å². The Hall–Kier alpha value is -2.16. The molecule has 1 aliphatic heterocycles. The van der Waals surface area contributed by atoms with Crippen LogP contribution in [-0.2, 0) is 6.18 Å². The topological polar surface area (TPSA) is 60.0 Å². The SMILES string of the molecule is CC(C)n1nc(-c2cnc(N)c(C(F)(F)F)c2)cc1C1[C@H]2CC(N3CC(F)C3)C[C@@H]12. The Balaban J connectivity index is 1.40. The average Bonchev–Trinajstić information content (AvgIpc) is 3.00. The van der Waals surface area contributed by atoms with Crippen molar-refractivity contribution in [3.8, 4) is 11.3 Å². The molecule has 2 aliphatic carbocycles. The number of likely N-dealkylation sites (tertiary alicyclic amines) is 1. The van der Waals surface area contributed by atoms with E-state index in [1.165, 1.54) is 6.20 Å². The molecule has 2 aromatic rings. The van der Waals surface area contributed by atoms with E-state index < -0.39 is 23.7 Å². The van der Waals surface area contributed by atoms with Crippen LogP contribution in [-0.4, -0.2) is 45.0 Å². The van der Waals surface area contributed by atoms with E-state index in [9.17, 15) is 17.6 Å². The van der Waals surface area contributed by atoms with Gasteiger partial charge < -0.3 is 5.73 Å². The predicted octanol–water partition coefficient (Wildman–Crippen LogP) is 4.27. The molecule has 2 aromatic heterocycles. The summed E-state index contributed by atoms with van der Waals surface area (Å²) in [6, 6.07) is 3.50. The Morgan fingerprint density at radius 2 is 1.80 bits per heavy atom. The van der Waals surface area contributed by atoms with Gasteiger partial charge in [-0.1, -0.05) is 0 Å². The van der Waals surface area contributed by atoms with Crippen molar-refractivity contribution in [1.82, 2.24) is 19.7 Å². The van der Waals surface area contributed by atoms with Crippen molar-refractivity contribution in [3.63, 3.8) is 0 Å². The lowest BCUT2D eigenvalue weighted by atomic mass is 9.99. The molecular formula is C21H25F4N5. The van der Waals surface area contributed by atoms with Crippen LogP contribution in [0.2, 0.25) is 0 Å². The van der Waals surface area contributed by atoms with E-state index in [1.807, 2.05) is 24.6 Å². The van der Waals surface area contributed by atoms with Crippen molar-refractivity contribution in [2.24, 2.45) is 11.8 Å².